The lowest BCUT2D eigenvalue weighted by molar-refractivity contribution is 0.0954. The average Bonchev–Trinajstić information content (AvgIpc) is 2.72. The Balaban J connectivity index is 2.11. The fraction of sp³-hybridized carbons (Fsp3) is 0.300. The van der Waals surface area contributed by atoms with E-state index in [1.54, 1.807) is 12.1 Å². The number of benzene rings is 2. The fourth-order valence-electron chi connectivity index (χ4n) is 2.38. The van der Waals surface area contributed by atoms with Crippen LogP contribution in [0.3, 0.4) is 0 Å². The molecule has 0 aliphatic carbocycles. The van der Waals surface area contributed by atoms with Crippen molar-refractivity contribution in [3.05, 3.63) is 41.5 Å². The molecule has 0 unspecified atom stereocenters. The molecule has 2 N–H and O–H groups in total. The molecule has 0 radical (unpaired) electrons. The Morgan fingerprint density at radius 3 is 2.32 bits per heavy atom. The summed E-state index contributed by atoms with van der Waals surface area (Å²) in [6.45, 7) is 2.56. The maximum Gasteiger partial charge on any atom is 0.271 e. The van der Waals surface area contributed by atoms with Crippen LogP contribution in [0.2, 0.25) is 0 Å². The molecule has 0 aliphatic heterocycles. The summed E-state index contributed by atoms with van der Waals surface area (Å²) in [5, 5.41) is 13.9. The minimum absolute atomic E-state index is 0.000567. The van der Waals surface area contributed by atoms with E-state index in [9.17, 15) is 9.90 Å². The van der Waals surface area contributed by atoms with Gasteiger partial charge in [0.2, 0.25) is 5.75 Å². The lowest BCUT2D eigenvalue weighted by Crippen LogP contribution is -2.18. The highest BCUT2D eigenvalue weighted by Gasteiger charge is 2.16. The number of methoxy groups -OCH3 is 3. The van der Waals surface area contributed by atoms with Crippen molar-refractivity contribution in [2.24, 2.45) is 5.10 Å². The van der Waals surface area contributed by atoms with Crippen molar-refractivity contribution in [3.63, 3.8) is 0 Å². The van der Waals surface area contributed by atoms with Crippen molar-refractivity contribution in [1.29, 1.82) is 0 Å². The number of phenols is 1. The Morgan fingerprint density at radius 2 is 1.79 bits per heavy atom. The third-order valence-electron chi connectivity index (χ3n) is 3.77. The summed E-state index contributed by atoms with van der Waals surface area (Å²) in [5.41, 5.74) is 3.12. The van der Waals surface area contributed by atoms with Gasteiger partial charge >= 0.3 is 0 Å². The minimum Gasteiger partial charge on any atom is -0.507 e. The first kappa shape index (κ1) is 20.9. The summed E-state index contributed by atoms with van der Waals surface area (Å²) in [6.07, 6.45) is 2.21. The van der Waals surface area contributed by atoms with Crippen LogP contribution < -0.4 is 24.4 Å². The number of ether oxygens (including phenoxy) is 4. The smallest absolute Gasteiger partial charge is 0.271 e. The van der Waals surface area contributed by atoms with E-state index >= 15 is 0 Å². The number of amides is 1. The third kappa shape index (κ3) is 5.06. The van der Waals surface area contributed by atoms with Gasteiger partial charge in [0.1, 0.15) is 11.5 Å². The molecule has 150 valence electrons. The lowest BCUT2D eigenvalue weighted by atomic mass is 10.1. The summed E-state index contributed by atoms with van der Waals surface area (Å²) in [5.74, 6) is 1.20. The van der Waals surface area contributed by atoms with Gasteiger partial charge in [-0.25, -0.2) is 5.43 Å². The van der Waals surface area contributed by atoms with Gasteiger partial charge in [-0.05, 0) is 30.7 Å². The largest absolute Gasteiger partial charge is 0.507 e. The molecule has 0 saturated carbocycles. The van der Waals surface area contributed by atoms with E-state index in [4.69, 9.17) is 18.9 Å². The predicted molar refractivity (Wildman–Crippen MR) is 105 cm³/mol. The normalized spacial score (nSPS) is 10.6. The van der Waals surface area contributed by atoms with Gasteiger partial charge in [0, 0.05) is 17.2 Å². The van der Waals surface area contributed by atoms with Gasteiger partial charge in [-0.2, -0.15) is 5.10 Å². The van der Waals surface area contributed by atoms with Crippen LogP contribution in [0.4, 0.5) is 0 Å². The quantitative estimate of drug-likeness (QED) is 0.506. The molecule has 0 bridgehead atoms. The van der Waals surface area contributed by atoms with Crippen molar-refractivity contribution in [3.8, 4) is 28.7 Å². The number of rotatable bonds is 9. The monoisotopic (exact) mass is 388 g/mol. The van der Waals surface area contributed by atoms with Gasteiger partial charge in [0.15, 0.2) is 11.5 Å². The number of nitrogens with one attached hydrogen (secondary N) is 1. The number of nitrogens with zero attached hydrogens (tertiary/aromatic N) is 1. The number of phenolic OH excluding ortho intramolecular Hbond substituents is 1. The molecule has 0 aliphatic rings. The van der Waals surface area contributed by atoms with Gasteiger partial charge < -0.3 is 24.1 Å². The summed E-state index contributed by atoms with van der Waals surface area (Å²) in [4.78, 5) is 12.4. The Labute approximate surface area is 163 Å². The Kier molecular flexibility index (Phi) is 7.50. The Hall–Kier alpha value is -3.42. The van der Waals surface area contributed by atoms with Crippen molar-refractivity contribution in [2.75, 3.05) is 27.9 Å². The number of carbonyl (C=O) groups is 1. The van der Waals surface area contributed by atoms with Gasteiger partial charge in [0.25, 0.3) is 5.91 Å². The van der Waals surface area contributed by atoms with E-state index in [2.05, 4.69) is 10.5 Å². The summed E-state index contributed by atoms with van der Waals surface area (Å²) < 4.78 is 21.1. The SMILES string of the molecule is CCCOc1ccc(C=NNC(=O)c2cc(OC)c(OC)c(OC)c2)c(O)c1. The average molecular weight is 388 g/mol. The molecule has 2 aromatic carbocycles. The maximum absolute atomic E-state index is 12.4. The molecule has 8 nitrogen and oxygen atoms in total. The molecular formula is C20H24N2O6. The molecule has 0 atom stereocenters. The van der Waals surface area contributed by atoms with E-state index < -0.39 is 5.91 Å². The third-order valence-corrected chi connectivity index (χ3v) is 3.77. The first-order valence-electron chi connectivity index (χ1n) is 8.63. The van der Waals surface area contributed by atoms with Crippen molar-refractivity contribution < 1.29 is 28.8 Å². The Morgan fingerprint density at radius 1 is 1.11 bits per heavy atom. The summed E-state index contributed by atoms with van der Waals surface area (Å²) in [7, 11) is 4.41. The molecule has 0 heterocycles. The van der Waals surface area contributed by atoms with Gasteiger partial charge in [-0.1, -0.05) is 6.92 Å². The Bertz CT molecular complexity index is 826. The number of hydrogen-bond acceptors (Lipinski definition) is 7. The van der Waals surface area contributed by atoms with Crippen LogP contribution in [0.5, 0.6) is 28.7 Å². The highest BCUT2D eigenvalue weighted by Crippen LogP contribution is 2.38. The summed E-state index contributed by atoms with van der Waals surface area (Å²) in [6, 6.07) is 7.90. The van der Waals surface area contributed by atoms with Crippen LogP contribution in [0.25, 0.3) is 0 Å². The second kappa shape index (κ2) is 10.1. The van der Waals surface area contributed by atoms with E-state index in [-0.39, 0.29) is 11.3 Å². The first-order valence-corrected chi connectivity index (χ1v) is 8.63. The highest BCUT2D eigenvalue weighted by molar-refractivity contribution is 5.96. The number of carbonyl (C=O) groups excluding carboxylic acids is 1. The van der Waals surface area contributed by atoms with Crippen LogP contribution >= 0.6 is 0 Å². The minimum atomic E-state index is -0.474. The van der Waals surface area contributed by atoms with Crippen LogP contribution in [0.1, 0.15) is 29.3 Å². The highest BCUT2D eigenvalue weighted by atomic mass is 16.5. The summed E-state index contributed by atoms with van der Waals surface area (Å²) >= 11 is 0. The molecule has 0 spiro atoms. The van der Waals surface area contributed by atoms with Crippen LogP contribution in [-0.4, -0.2) is 45.2 Å². The zero-order valence-corrected chi connectivity index (χ0v) is 16.3. The van der Waals surface area contributed by atoms with Crippen molar-refractivity contribution >= 4 is 12.1 Å². The second-order valence-electron chi connectivity index (χ2n) is 5.68. The molecule has 2 aromatic rings. The number of aromatic hydroxyl groups is 1. The molecule has 28 heavy (non-hydrogen) atoms. The fourth-order valence-corrected chi connectivity index (χ4v) is 2.38. The number of hydrazone groups is 1. The topological polar surface area (TPSA) is 98.6 Å². The van der Waals surface area contributed by atoms with Crippen molar-refractivity contribution in [2.45, 2.75) is 13.3 Å². The molecule has 0 aromatic heterocycles. The van der Waals surface area contributed by atoms with Crippen LogP contribution in [-0.2, 0) is 0 Å². The molecule has 0 fully saturated rings. The lowest BCUT2D eigenvalue weighted by Gasteiger charge is -2.13. The van der Waals surface area contributed by atoms with Crippen molar-refractivity contribution in [1.82, 2.24) is 5.43 Å². The standard InChI is InChI=1S/C20H24N2O6/c1-5-8-28-15-7-6-13(16(23)11-15)12-21-22-20(24)14-9-17(25-2)19(27-4)18(10-14)26-3/h6-7,9-12,23H,5,8H2,1-4H3,(H,22,24). The maximum atomic E-state index is 12.4. The van der Waals surface area contributed by atoms with Gasteiger partial charge in [-0.15, -0.1) is 0 Å². The molecule has 0 saturated heterocycles. The first-order chi connectivity index (χ1) is 13.5. The van der Waals surface area contributed by atoms with E-state index in [0.717, 1.165) is 6.42 Å². The van der Waals surface area contributed by atoms with E-state index in [1.165, 1.54) is 45.7 Å². The zero-order chi connectivity index (χ0) is 20.5. The van der Waals surface area contributed by atoms with Crippen LogP contribution in [0.15, 0.2) is 35.4 Å². The second-order valence-corrected chi connectivity index (χ2v) is 5.68. The molecular weight excluding hydrogens is 364 g/mol. The number of hydrogen-bond donors (Lipinski definition) is 2. The molecule has 2 rings (SSSR count). The van der Waals surface area contributed by atoms with E-state index in [0.29, 0.717) is 35.2 Å². The van der Waals surface area contributed by atoms with Gasteiger partial charge in [0.05, 0.1) is 34.2 Å². The van der Waals surface area contributed by atoms with E-state index in [1.807, 2.05) is 6.92 Å². The molecule has 1 amide bonds. The van der Waals surface area contributed by atoms with Gasteiger partial charge in [-0.3, -0.25) is 4.79 Å². The predicted octanol–water partition coefficient (Wildman–Crippen LogP) is 2.97. The van der Waals surface area contributed by atoms with Crippen LogP contribution in [0, 0.1) is 0 Å². The zero-order valence-electron chi connectivity index (χ0n) is 16.3. The molecule has 8 heteroatoms.